The third kappa shape index (κ3) is 5.07. The maximum Gasteiger partial charge on any atom is 0.261 e. The van der Waals surface area contributed by atoms with E-state index in [0.29, 0.717) is 5.75 Å². The molecule has 0 aliphatic rings. The Bertz CT molecular complexity index is 799. The fraction of sp³-hybridized carbons (Fsp3) is 0.235. The van der Waals surface area contributed by atoms with E-state index in [9.17, 15) is 13.2 Å². The Kier molecular flexibility index (Phi) is 5.58. The number of nitrogens with one attached hydrogen (secondary N) is 1. The number of carbonyl (C=O) groups is 1. The van der Waals surface area contributed by atoms with Gasteiger partial charge in [-0.25, -0.2) is 13.6 Å². The van der Waals surface area contributed by atoms with E-state index < -0.39 is 16.1 Å². The number of aryl methyl sites for hydroxylation is 1. The Labute approximate surface area is 141 Å². The molecule has 0 aliphatic carbocycles. The lowest BCUT2D eigenvalue weighted by molar-refractivity contribution is -0.127. The van der Waals surface area contributed by atoms with Gasteiger partial charge in [0.2, 0.25) is 10.0 Å². The highest BCUT2D eigenvalue weighted by atomic mass is 32.2. The van der Waals surface area contributed by atoms with Crippen molar-refractivity contribution in [2.24, 2.45) is 5.14 Å². The van der Waals surface area contributed by atoms with Crippen molar-refractivity contribution >= 4 is 15.9 Å². The molecule has 1 amide bonds. The Morgan fingerprint density at radius 3 is 2.25 bits per heavy atom. The summed E-state index contributed by atoms with van der Waals surface area (Å²) in [6.45, 7) is 3.91. The number of hydrogen-bond acceptors (Lipinski definition) is 4. The molecule has 0 aliphatic heterocycles. The molecule has 7 heteroatoms. The normalized spacial score (nSPS) is 12.5. The number of primary sulfonamides is 1. The summed E-state index contributed by atoms with van der Waals surface area (Å²) in [6, 6.07) is 13.5. The second-order valence-corrected chi connectivity index (χ2v) is 7.04. The second-order valence-electron chi connectivity index (χ2n) is 5.48. The Balaban J connectivity index is 1.89. The van der Waals surface area contributed by atoms with Crippen LogP contribution in [0, 0.1) is 6.92 Å². The van der Waals surface area contributed by atoms with Crippen molar-refractivity contribution in [3.63, 3.8) is 0 Å². The van der Waals surface area contributed by atoms with Crippen LogP contribution in [0.2, 0.25) is 0 Å². The minimum absolute atomic E-state index is 0.0358. The fourth-order valence-corrected chi connectivity index (χ4v) is 2.52. The average molecular weight is 348 g/mol. The SMILES string of the molecule is Cc1ccc(OC(C)C(=O)NCc2ccc(S(N)(=O)=O)cc2)cc1. The molecule has 128 valence electrons. The first-order valence-electron chi connectivity index (χ1n) is 7.38. The van der Waals surface area contributed by atoms with Crippen LogP contribution in [0.4, 0.5) is 0 Å². The van der Waals surface area contributed by atoms with E-state index in [1.165, 1.54) is 12.1 Å². The van der Waals surface area contributed by atoms with Crippen molar-refractivity contribution in [3.05, 3.63) is 59.7 Å². The Hall–Kier alpha value is -2.38. The van der Waals surface area contributed by atoms with Gasteiger partial charge in [-0.3, -0.25) is 4.79 Å². The van der Waals surface area contributed by atoms with Crippen molar-refractivity contribution < 1.29 is 17.9 Å². The maximum absolute atomic E-state index is 12.1. The van der Waals surface area contributed by atoms with Crippen LogP contribution >= 0.6 is 0 Å². The molecule has 0 aromatic heterocycles. The molecule has 0 heterocycles. The minimum Gasteiger partial charge on any atom is -0.481 e. The fourth-order valence-electron chi connectivity index (χ4n) is 2.00. The van der Waals surface area contributed by atoms with Gasteiger partial charge in [-0.05, 0) is 43.7 Å². The van der Waals surface area contributed by atoms with E-state index in [1.54, 1.807) is 19.1 Å². The van der Waals surface area contributed by atoms with Crippen LogP contribution in [0.1, 0.15) is 18.1 Å². The van der Waals surface area contributed by atoms with Gasteiger partial charge in [-0.1, -0.05) is 29.8 Å². The molecule has 0 saturated heterocycles. The predicted molar refractivity (Wildman–Crippen MR) is 90.9 cm³/mol. The van der Waals surface area contributed by atoms with Crippen LogP contribution in [-0.2, 0) is 21.4 Å². The van der Waals surface area contributed by atoms with E-state index in [-0.39, 0.29) is 17.3 Å². The smallest absolute Gasteiger partial charge is 0.261 e. The highest BCUT2D eigenvalue weighted by molar-refractivity contribution is 7.89. The molecule has 2 aromatic carbocycles. The van der Waals surface area contributed by atoms with Gasteiger partial charge < -0.3 is 10.1 Å². The summed E-state index contributed by atoms with van der Waals surface area (Å²) in [7, 11) is -3.71. The second kappa shape index (κ2) is 7.46. The van der Waals surface area contributed by atoms with E-state index in [0.717, 1.165) is 11.1 Å². The largest absolute Gasteiger partial charge is 0.481 e. The lowest BCUT2D eigenvalue weighted by Gasteiger charge is -2.15. The lowest BCUT2D eigenvalue weighted by atomic mass is 10.2. The van der Waals surface area contributed by atoms with E-state index in [4.69, 9.17) is 9.88 Å². The third-order valence-electron chi connectivity index (χ3n) is 3.42. The Morgan fingerprint density at radius 1 is 1.12 bits per heavy atom. The summed E-state index contributed by atoms with van der Waals surface area (Å²) >= 11 is 0. The summed E-state index contributed by atoms with van der Waals surface area (Å²) in [6.07, 6.45) is -0.642. The number of amides is 1. The van der Waals surface area contributed by atoms with Gasteiger partial charge in [0.15, 0.2) is 6.10 Å². The number of rotatable bonds is 6. The Morgan fingerprint density at radius 2 is 1.71 bits per heavy atom. The quantitative estimate of drug-likeness (QED) is 0.830. The van der Waals surface area contributed by atoms with Crippen LogP contribution in [0.3, 0.4) is 0 Å². The summed E-state index contributed by atoms with van der Waals surface area (Å²) in [5, 5.41) is 7.78. The topological polar surface area (TPSA) is 98.5 Å². The van der Waals surface area contributed by atoms with Crippen molar-refractivity contribution in [2.75, 3.05) is 0 Å². The van der Waals surface area contributed by atoms with E-state index in [2.05, 4.69) is 5.32 Å². The molecule has 0 bridgehead atoms. The number of ether oxygens (including phenoxy) is 1. The first-order valence-corrected chi connectivity index (χ1v) is 8.93. The van der Waals surface area contributed by atoms with Crippen molar-refractivity contribution in [1.29, 1.82) is 0 Å². The molecule has 2 rings (SSSR count). The molecule has 1 unspecified atom stereocenters. The summed E-state index contributed by atoms with van der Waals surface area (Å²) in [4.78, 5) is 12.1. The standard InChI is InChI=1S/C17H20N2O4S/c1-12-3-7-15(8-4-12)23-13(2)17(20)19-11-14-5-9-16(10-6-14)24(18,21)22/h3-10,13H,11H2,1-2H3,(H,19,20)(H2,18,21,22). The monoisotopic (exact) mass is 348 g/mol. The van der Waals surface area contributed by atoms with Crippen LogP contribution in [0.25, 0.3) is 0 Å². The lowest BCUT2D eigenvalue weighted by Crippen LogP contribution is -2.35. The zero-order valence-electron chi connectivity index (χ0n) is 13.5. The van der Waals surface area contributed by atoms with Gasteiger partial charge in [-0.2, -0.15) is 0 Å². The van der Waals surface area contributed by atoms with Gasteiger partial charge >= 0.3 is 0 Å². The number of hydrogen-bond donors (Lipinski definition) is 2. The van der Waals surface area contributed by atoms with Gasteiger partial charge in [0, 0.05) is 6.54 Å². The molecule has 6 nitrogen and oxygen atoms in total. The van der Waals surface area contributed by atoms with Gasteiger partial charge in [0.05, 0.1) is 4.90 Å². The molecule has 24 heavy (non-hydrogen) atoms. The first kappa shape index (κ1) is 18.0. The zero-order valence-corrected chi connectivity index (χ0v) is 14.3. The van der Waals surface area contributed by atoms with Gasteiger partial charge in [-0.15, -0.1) is 0 Å². The molecule has 0 saturated carbocycles. The van der Waals surface area contributed by atoms with Crippen molar-refractivity contribution in [3.8, 4) is 5.75 Å². The number of benzene rings is 2. The summed E-state index contributed by atoms with van der Waals surface area (Å²) in [5.74, 6) is 0.367. The van der Waals surface area contributed by atoms with Crippen LogP contribution in [0.15, 0.2) is 53.4 Å². The molecule has 3 N–H and O–H groups in total. The van der Waals surface area contributed by atoms with Crippen LogP contribution < -0.4 is 15.2 Å². The van der Waals surface area contributed by atoms with Gasteiger partial charge in [0.1, 0.15) is 5.75 Å². The number of carbonyl (C=O) groups excluding carboxylic acids is 1. The van der Waals surface area contributed by atoms with E-state index >= 15 is 0 Å². The molecule has 0 fully saturated rings. The van der Waals surface area contributed by atoms with Crippen molar-refractivity contribution in [2.45, 2.75) is 31.4 Å². The average Bonchev–Trinajstić information content (AvgIpc) is 2.54. The van der Waals surface area contributed by atoms with E-state index in [1.807, 2.05) is 31.2 Å². The molecule has 2 aromatic rings. The maximum atomic E-state index is 12.1. The first-order chi connectivity index (χ1) is 11.3. The summed E-state index contributed by atoms with van der Waals surface area (Å²) < 4.78 is 27.9. The van der Waals surface area contributed by atoms with Crippen LogP contribution in [-0.4, -0.2) is 20.4 Å². The zero-order chi connectivity index (χ0) is 17.7. The molecular weight excluding hydrogens is 328 g/mol. The highest BCUT2D eigenvalue weighted by Gasteiger charge is 2.14. The number of nitrogens with two attached hydrogens (primary N) is 1. The molecular formula is C17H20N2O4S. The van der Waals surface area contributed by atoms with Crippen LogP contribution in [0.5, 0.6) is 5.75 Å². The number of sulfonamides is 1. The molecule has 1 atom stereocenters. The highest BCUT2D eigenvalue weighted by Crippen LogP contribution is 2.13. The van der Waals surface area contributed by atoms with Crippen molar-refractivity contribution in [1.82, 2.24) is 5.32 Å². The van der Waals surface area contributed by atoms with Gasteiger partial charge in [0.25, 0.3) is 5.91 Å². The molecule has 0 spiro atoms. The third-order valence-corrected chi connectivity index (χ3v) is 4.35. The summed E-state index contributed by atoms with van der Waals surface area (Å²) in [5.41, 5.74) is 1.88. The molecule has 0 radical (unpaired) electrons. The predicted octanol–water partition coefficient (Wildman–Crippen LogP) is 1.73. The minimum atomic E-state index is -3.71.